The van der Waals surface area contributed by atoms with Gasteiger partial charge in [-0.1, -0.05) is 30.7 Å². The van der Waals surface area contributed by atoms with Gasteiger partial charge in [0.25, 0.3) is 0 Å². The lowest BCUT2D eigenvalue weighted by Crippen LogP contribution is -2.47. The van der Waals surface area contributed by atoms with Gasteiger partial charge in [0.2, 0.25) is 5.91 Å². The summed E-state index contributed by atoms with van der Waals surface area (Å²) in [6.07, 6.45) is 5.91. The summed E-state index contributed by atoms with van der Waals surface area (Å²) in [5.74, 6) is 0.887. The number of rotatable bonds is 10. The number of ether oxygens (including phenoxy) is 2. The molecular formula is C28H37FN2O4. The highest BCUT2D eigenvalue weighted by Gasteiger charge is 2.33. The van der Waals surface area contributed by atoms with E-state index in [4.69, 9.17) is 9.47 Å². The minimum Gasteiger partial charge on any atom is -0.494 e. The van der Waals surface area contributed by atoms with Gasteiger partial charge < -0.3 is 19.5 Å². The van der Waals surface area contributed by atoms with Crippen molar-refractivity contribution < 1.29 is 23.8 Å². The van der Waals surface area contributed by atoms with Crippen LogP contribution >= 0.6 is 0 Å². The van der Waals surface area contributed by atoms with Crippen LogP contribution in [0.15, 0.2) is 48.5 Å². The summed E-state index contributed by atoms with van der Waals surface area (Å²) in [4.78, 5) is 16.4. The number of para-hydroxylation sites is 1. The molecule has 2 heterocycles. The number of halogens is 1. The summed E-state index contributed by atoms with van der Waals surface area (Å²) in [7, 11) is 0. The first-order chi connectivity index (χ1) is 17.0. The van der Waals surface area contributed by atoms with Crippen LogP contribution in [0.1, 0.15) is 50.5 Å². The Labute approximate surface area is 207 Å². The Kier molecular flexibility index (Phi) is 8.99. The SMILES string of the molecule is O=C1CCCCCN1CCCOc1cccc(CN2CCC(O)(COc3ccccc3F)CC2)c1. The lowest BCUT2D eigenvalue weighted by Gasteiger charge is -2.38. The van der Waals surface area contributed by atoms with Gasteiger partial charge in [0.1, 0.15) is 18.0 Å². The number of hydrogen-bond donors (Lipinski definition) is 1. The number of nitrogens with zero attached hydrogens (tertiary/aromatic N) is 2. The van der Waals surface area contributed by atoms with E-state index >= 15 is 0 Å². The van der Waals surface area contributed by atoms with Gasteiger partial charge in [-0.05, 0) is 61.9 Å². The summed E-state index contributed by atoms with van der Waals surface area (Å²) >= 11 is 0. The molecule has 0 spiro atoms. The van der Waals surface area contributed by atoms with Gasteiger partial charge in [0.15, 0.2) is 11.6 Å². The minimum absolute atomic E-state index is 0.0914. The van der Waals surface area contributed by atoms with Crippen molar-refractivity contribution >= 4 is 5.91 Å². The number of carbonyl (C=O) groups is 1. The number of carbonyl (C=O) groups excluding carboxylic acids is 1. The third-order valence-corrected chi connectivity index (χ3v) is 6.94. The maximum atomic E-state index is 13.8. The van der Waals surface area contributed by atoms with E-state index in [1.807, 2.05) is 17.0 Å². The van der Waals surface area contributed by atoms with Crippen LogP contribution in [0.25, 0.3) is 0 Å². The van der Waals surface area contributed by atoms with Crippen LogP contribution in [-0.2, 0) is 11.3 Å². The minimum atomic E-state index is -0.946. The molecule has 2 aliphatic rings. The number of amides is 1. The standard InChI is InChI=1S/C28H37FN2O4/c29-25-10-3-4-11-26(25)35-22-28(33)13-17-30(18-14-28)21-23-8-6-9-24(20-23)34-19-7-16-31-15-5-1-2-12-27(31)32/h3-4,6,8-11,20,33H,1-2,5,7,12-19,21-22H2. The van der Waals surface area contributed by atoms with Gasteiger partial charge in [-0.2, -0.15) is 0 Å². The molecule has 0 bridgehead atoms. The fourth-order valence-electron chi connectivity index (χ4n) is 4.76. The van der Waals surface area contributed by atoms with Crippen molar-refractivity contribution in [2.75, 3.05) is 39.4 Å². The lowest BCUT2D eigenvalue weighted by molar-refractivity contribution is -0.130. The Morgan fingerprint density at radius 2 is 1.80 bits per heavy atom. The largest absolute Gasteiger partial charge is 0.494 e. The Hall–Kier alpha value is -2.64. The molecule has 0 aliphatic carbocycles. The Morgan fingerprint density at radius 3 is 2.63 bits per heavy atom. The van der Waals surface area contributed by atoms with Crippen LogP contribution in [0.2, 0.25) is 0 Å². The average Bonchev–Trinajstić information content (AvgIpc) is 3.07. The monoisotopic (exact) mass is 484 g/mol. The molecule has 0 atom stereocenters. The van der Waals surface area contributed by atoms with Crippen molar-refractivity contribution in [3.8, 4) is 11.5 Å². The molecule has 4 rings (SSSR count). The average molecular weight is 485 g/mol. The highest BCUT2D eigenvalue weighted by Crippen LogP contribution is 2.26. The molecule has 190 valence electrons. The van der Waals surface area contributed by atoms with E-state index < -0.39 is 11.4 Å². The topological polar surface area (TPSA) is 62.2 Å². The van der Waals surface area contributed by atoms with Gasteiger partial charge in [0, 0.05) is 39.1 Å². The van der Waals surface area contributed by atoms with Crippen LogP contribution < -0.4 is 9.47 Å². The quantitative estimate of drug-likeness (QED) is 0.507. The molecule has 1 N–H and O–H groups in total. The zero-order chi connectivity index (χ0) is 24.5. The second-order valence-electron chi connectivity index (χ2n) is 9.76. The van der Waals surface area contributed by atoms with Crippen molar-refractivity contribution in [1.82, 2.24) is 9.80 Å². The molecule has 6 nitrogen and oxygen atoms in total. The van der Waals surface area contributed by atoms with Crippen LogP contribution in [-0.4, -0.2) is 65.8 Å². The Balaban J connectivity index is 1.18. The number of piperidine rings is 1. The number of benzene rings is 2. The first-order valence-electron chi connectivity index (χ1n) is 12.8. The normalized spacial score (nSPS) is 18.8. The molecule has 2 fully saturated rings. The van der Waals surface area contributed by atoms with Crippen molar-refractivity contribution in [2.45, 2.75) is 57.1 Å². The summed E-state index contributed by atoms with van der Waals surface area (Å²) in [5.41, 5.74) is 0.219. The second-order valence-corrected chi connectivity index (χ2v) is 9.76. The summed E-state index contributed by atoms with van der Waals surface area (Å²) in [6.45, 7) is 4.58. The van der Waals surface area contributed by atoms with E-state index in [0.717, 1.165) is 64.2 Å². The van der Waals surface area contributed by atoms with Crippen molar-refractivity contribution in [2.24, 2.45) is 0 Å². The number of aliphatic hydroxyl groups is 1. The van der Waals surface area contributed by atoms with E-state index in [-0.39, 0.29) is 18.3 Å². The van der Waals surface area contributed by atoms with E-state index in [0.29, 0.717) is 25.9 Å². The van der Waals surface area contributed by atoms with Crippen molar-refractivity contribution in [3.63, 3.8) is 0 Å². The van der Waals surface area contributed by atoms with Crippen LogP contribution in [0, 0.1) is 5.82 Å². The molecule has 0 unspecified atom stereocenters. The van der Waals surface area contributed by atoms with Gasteiger partial charge in [-0.3, -0.25) is 9.69 Å². The summed E-state index contributed by atoms with van der Waals surface area (Å²) in [5, 5.41) is 10.9. The summed E-state index contributed by atoms with van der Waals surface area (Å²) in [6, 6.07) is 14.4. The fourth-order valence-corrected chi connectivity index (χ4v) is 4.76. The maximum Gasteiger partial charge on any atom is 0.222 e. The van der Waals surface area contributed by atoms with Gasteiger partial charge in [-0.15, -0.1) is 0 Å². The highest BCUT2D eigenvalue weighted by molar-refractivity contribution is 5.76. The molecule has 0 aromatic heterocycles. The zero-order valence-electron chi connectivity index (χ0n) is 20.5. The molecule has 2 aromatic rings. The third kappa shape index (κ3) is 7.67. The fraction of sp³-hybridized carbons (Fsp3) is 0.536. The van der Waals surface area contributed by atoms with Crippen LogP contribution in [0.3, 0.4) is 0 Å². The van der Waals surface area contributed by atoms with Gasteiger partial charge in [-0.25, -0.2) is 4.39 Å². The molecule has 0 saturated carbocycles. The van der Waals surface area contributed by atoms with E-state index in [1.54, 1.807) is 18.2 Å². The molecule has 0 radical (unpaired) electrons. The van der Waals surface area contributed by atoms with E-state index in [1.165, 1.54) is 11.6 Å². The molecule has 2 aromatic carbocycles. The Morgan fingerprint density at radius 1 is 0.971 bits per heavy atom. The summed E-state index contributed by atoms with van der Waals surface area (Å²) < 4.78 is 25.3. The molecule has 2 aliphatic heterocycles. The second kappa shape index (κ2) is 12.4. The van der Waals surface area contributed by atoms with Crippen molar-refractivity contribution in [3.05, 3.63) is 59.9 Å². The first kappa shape index (κ1) is 25.5. The zero-order valence-corrected chi connectivity index (χ0v) is 20.5. The van der Waals surface area contributed by atoms with E-state index in [2.05, 4.69) is 17.0 Å². The van der Waals surface area contributed by atoms with Crippen molar-refractivity contribution in [1.29, 1.82) is 0 Å². The molecule has 35 heavy (non-hydrogen) atoms. The molecule has 7 heteroatoms. The third-order valence-electron chi connectivity index (χ3n) is 6.94. The smallest absolute Gasteiger partial charge is 0.222 e. The molecule has 1 amide bonds. The lowest BCUT2D eigenvalue weighted by atomic mass is 9.92. The van der Waals surface area contributed by atoms with Crippen LogP contribution in [0.5, 0.6) is 11.5 Å². The predicted molar refractivity (Wildman–Crippen MR) is 133 cm³/mol. The van der Waals surface area contributed by atoms with E-state index in [9.17, 15) is 14.3 Å². The Bertz CT molecular complexity index is 961. The highest BCUT2D eigenvalue weighted by atomic mass is 19.1. The molecule has 2 saturated heterocycles. The predicted octanol–water partition coefficient (Wildman–Crippen LogP) is 4.40. The molecular weight excluding hydrogens is 447 g/mol. The van der Waals surface area contributed by atoms with Crippen LogP contribution in [0.4, 0.5) is 4.39 Å². The maximum absolute atomic E-state index is 13.8. The number of likely N-dealkylation sites (tertiary alicyclic amines) is 2. The first-order valence-corrected chi connectivity index (χ1v) is 12.8. The number of hydrogen-bond acceptors (Lipinski definition) is 5. The van der Waals surface area contributed by atoms with Gasteiger partial charge in [0.05, 0.1) is 6.61 Å². The van der Waals surface area contributed by atoms with Gasteiger partial charge >= 0.3 is 0 Å².